The molecule has 0 radical (unpaired) electrons. The van der Waals surface area contributed by atoms with E-state index in [1.54, 1.807) is 36.5 Å². The quantitative estimate of drug-likeness (QED) is 0.854. The van der Waals surface area contributed by atoms with Crippen LogP contribution in [0.1, 0.15) is 5.56 Å². The third-order valence-electron chi connectivity index (χ3n) is 2.35. The maximum atomic E-state index is 11.4. The van der Waals surface area contributed by atoms with E-state index in [0.717, 1.165) is 5.56 Å². The molecular formula is C12H16ClN5O. The second kappa shape index (κ2) is 7.50. The van der Waals surface area contributed by atoms with Gasteiger partial charge in [-0.1, -0.05) is 0 Å². The van der Waals surface area contributed by atoms with E-state index < -0.39 is 0 Å². The van der Waals surface area contributed by atoms with Crippen LogP contribution in [-0.4, -0.2) is 34.3 Å². The Morgan fingerprint density at radius 2 is 2.11 bits per heavy atom. The average Bonchev–Trinajstić information content (AvgIpc) is 2.78. The van der Waals surface area contributed by atoms with Gasteiger partial charge in [-0.05, 0) is 24.7 Å². The van der Waals surface area contributed by atoms with Gasteiger partial charge in [0.1, 0.15) is 0 Å². The summed E-state index contributed by atoms with van der Waals surface area (Å²) in [4.78, 5) is 15.3. The maximum absolute atomic E-state index is 11.4. The van der Waals surface area contributed by atoms with Gasteiger partial charge in [-0.2, -0.15) is 5.10 Å². The Labute approximate surface area is 117 Å². The van der Waals surface area contributed by atoms with E-state index in [4.69, 9.17) is 0 Å². The van der Waals surface area contributed by atoms with Crippen molar-refractivity contribution in [3.8, 4) is 0 Å². The fraction of sp³-hybridized carbons (Fsp3) is 0.250. The Balaban J connectivity index is 0.00000180. The fourth-order valence-corrected chi connectivity index (χ4v) is 1.56. The topological polar surface area (TPSA) is 71.8 Å². The van der Waals surface area contributed by atoms with Crippen LogP contribution in [-0.2, 0) is 11.3 Å². The normalized spacial score (nSPS) is 9.74. The van der Waals surface area contributed by atoms with E-state index in [1.807, 2.05) is 12.1 Å². The summed E-state index contributed by atoms with van der Waals surface area (Å²) in [7, 11) is 1.73. The lowest BCUT2D eigenvalue weighted by Gasteiger charge is -2.01. The molecule has 0 fully saturated rings. The van der Waals surface area contributed by atoms with Gasteiger partial charge in [-0.25, -0.2) is 0 Å². The van der Waals surface area contributed by atoms with Crippen LogP contribution in [0.4, 0.5) is 5.69 Å². The number of likely N-dealkylation sites (N-methyl/N-ethyl adjacent to an activating group) is 1. The van der Waals surface area contributed by atoms with Crippen LogP contribution in [0.25, 0.3) is 0 Å². The molecule has 2 rings (SSSR count). The molecule has 0 aliphatic carbocycles. The summed E-state index contributed by atoms with van der Waals surface area (Å²) >= 11 is 0. The molecule has 2 heterocycles. The van der Waals surface area contributed by atoms with Crippen LogP contribution in [0.5, 0.6) is 0 Å². The minimum Gasteiger partial charge on any atom is -0.322 e. The predicted molar refractivity (Wildman–Crippen MR) is 75.4 cm³/mol. The first-order chi connectivity index (χ1) is 8.78. The third kappa shape index (κ3) is 4.69. The SMILES string of the molecule is CNCC(=O)Nc1cnn(Cc2ccncc2)c1.Cl. The number of halogens is 1. The van der Waals surface area contributed by atoms with Gasteiger partial charge in [0, 0.05) is 18.6 Å². The van der Waals surface area contributed by atoms with Crippen LogP contribution in [0, 0.1) is 0 Å². The smallest absolute Gasteiger partial charge is 0.238 e. The van der Waals surface area contributed by atoms with Crippen molar-refractivity contribution in [3.63, 3.8) is 0 Å². The summed E-state index contributed by atoms with van der Waals surface area (Å²) < 4.78 is 1.77. The molecule has 0 atom stereocenters. The number of aromatic nitrogens is 3. The molecule has 0 aliphatic heterocycles. The van der Waals surface area contributed by atoms with Crippen molar-refractivity contribution in [1.29, 1.82) is 0 Å². The molecule has 2 aromatic heterocycles. The molecule has 6 nitrogen and oxygen atoms in total. The lowest BCUT2D eigenvalue weighted by Crippen LogP contribution is -2.24. The lowest BCUT2D eigenvalue weighted by atomic mass is 10.3. The summed E-state index contributed by atoms with van der Waals surface area (Å²) in [5.74, 6) is -0.0824. The zero-order chi connectivity index (χ0) is 12.8. The molecule has 0 spiro atoms. The lowest BCUT2D eigenvalue weighted by molar-refractivity contribution is -0.115. The number of hydrogen-bond donors (Lipinski definition) is 2. The first kappa shape index (κ1) is 15.1. The van der Waals surface area contributed by atoms with Gasteiger partial charge in [0.25, 0.3) is 0 Å². The van der Waals surface area contributed by atoms with Gasteiger partial charge in [-0.3, -0.25) is 14.5 Å². The minimum absolute atomic E-state index is 0. The number of nitrogens with zero attached hydrogens (tertiary/aromatic N) is 3. The molecule has 0 saturated carbocycles. The molecule has 19 heavy (non-hydrogen) atoms. The molecule has 0 aliphatic rings. The van der Waals surface area contributed by atoms with E-state index in [1.165, 1.54) is 0 Å². The number of nitrogens with one attached hydrogen (secondary N) is 2. The standard InChI is InChI=1S/C12H15N5O.ClH/c1-13-7-12(18)16-11-6-15-17(9-11)8-10-2-4-14-5-3-10;/h2-6,9,13H,7-8H2,1H3,(H,16,18);1H. The second-order valence-electron chi connectivity index (χ2n) is 3.86. The average molecular weight is 282 g/mol. The fourth-order valence-electron chi connectivity index (χ4n) is 1.56. The molecule has 0 saturated heterocycles. The van der Waals surface area contributed by atoms with Crippen molar-refractivity contribution in [1.82, 2.24) is 20.1 Å². The van der Waals surface area contributed by atoms with Crippen LogP contribution < -0.4 is 10.6 Å². The highest BCUT2D eigenvalue weighted by Gasteiger charge is 2.03. The van der Waals surface area contributed by atoms with Gasteiger partial charge in [-0.15, -0.1) is 12.4 Å². The van der Waals surface area contributed by atoms with Crippen molar-refractivity contribution >= 4 is 24.0 Å². The Kier molecular flexibility index (Phi) is 5.98. The summed E-state index contributed by atoms with van der Waals surface area (Å²) in [5, 5.41) is 9.73. The minimum atomic E-state index is -0.0824. The van der Waals surface area contributed by atoms with E-state index >= 15 is 0 Å². The summed E-state index contributed by atoms with van der Waals surface area (Å²) in [6.45, 7) is 0.944. The number of pyridine rings is 1. The first-order valence-corrected chi connectivity index (χ1v) is 5.64. The van der Waals surface area contributed by atoms with Gasteiger partial charge in [0.2, 0.25) is 5.91 Å². The molecule has 7 heteroatoms. The first-order valence-electron chi connectivity index (χ1n) is 5.64. The van der Waals surface area contributed by atoms with Crippen molar-refractivity contribution in [3.05, 3.63) is 42.5 Å². The van der Waals surface area contributed by atoms with Gasteiger partial charge >= 0.3 is 0 Å². The number of carbonyl (C=O) groups excluding carboxylic acids is 1. The predicted octanol–water partition coefficient (Wildman–Crippen LogP) is 0.906. The number of carbonyl (C=O) groups is 1. The van der Waals surface area contributed by atoms with Gasteiger partial charge in [0.15, 0.2) is 0 Å². The third-order valence-corrected chi connectivity index (χ3v) is 2.35. The number of hydrogen-bond acceptors (Lipinski definition) is 4. The Hall–Kier alpha value is -1.92. The highest BCUT2D eigenvalue weighted by molar-refractivity contribution is 5.91. The largest absolute Gasteiger partial charge is 0.322 e. The Morgan fingerprint density at radius 1 is 1.37 bits per heavy atom. The maximum Gasteiger partial charge on any atom is 0.238 e. The van der Waals surface area contributed by atoms with Crippen LogP contribution in [0.2, 0.25) is 0 Å². The Morgan fingerprint density at radius 3 is 2.79 bits per heavy atom. The zero-order valence-electron chi connectivity index (χ0n) is 10.5. The molecule has 2 aromatic rings. The Bertz CT molecular complexity index is 514. The van der Waals surface area contributed by atoms with E-state index in [9.17, 15) is 4.79 Å². The van der Waals surface area contributed by atoms with E-state index in [2.05, 4.69) is 20.7 Å². The summed E-state index contributed by atoms with van der Waals surface area (Å²) in [6, 6.07) is 3.86. The molecular weight excluding hydrogens is 266 g/mol. The van der Waals surface area contributed by atoms with Crippen LogP contribution >= 0.6 is 12.4 Å². The van der Waals surface area contributed by atoms with Crippen molar-refractivity contribution in [2.24, 2.45) is 0 Å². The van der Waals surface area contributed by atoms with Gasteiger partial charge in [0.05, 0.1) is 25.0 Å². The van der Waals surface area contributed by atoms with Crippen LogP contribution in [0.3, 0.4) is 0 Å². The highest BCUT2D eigenvalue weighted by atomic mass is 35.5. The van der Waals surface area contributed by atoms with Crippen molar-refractivity contribution in [2.75, 3.05) is 18.9 Å². The summed E-state index contributed by atoms with van der Waals surface area (Å²) in [6.07, 6.45) is 6.92. The van der Waals surface area contributed by atoms with Gasteiger partial charge < -0.3 is 10.6 Å². The van der Waals surface area contributed by atoms with E-state index in [-0.39, 0.29) is 24.9 Å². The number of amides is 1. The number of rotatable bonds is 5. The monoisotopic (exact) mass is 281 g/mol. The molecule has 0 bridgehead atoms. The number of anilines is 1. The summed E-state index contributed by atoms with van der Waals surface area (Å²) in [5.41, 5.74) is 1.81. The zero-order valence-corrected chi connectivity index (χ0v) is 11.4. The van der Waals surface area contributed by atoms with Crippen molar-refractivity contribution in [2.45, 2.75) is 6.54 Å². The second-order valence-corrected chi connectivity index (χ2v) is 3.86. The highest BCUT2D eigenvalue weighted by Crippen LogP contribution is 2.07. The molecule has 2 N–H and O–H groups in total. The van der Waals surface area contributed by atoms with Crippen LogP contribution in [0.15, 0.2) is 36.9 Å². The molecule has 0 unspecified atom stereocenters. The van der Waals surface area contributed by atoms with E-state index in [0.29, 0.717) is 12.2 Å². The van der Waals surface area contributed by atoms with Crippen molar-refractivity contribution < 1.29 is 4.79 Å². The molecule has 0 aromatic carbocycles. The molecule has 102 valence electrons. The molecule has 1 amide bonds.